The van der Waals surface area contributed by atoms with E-state index < -0.39 is 26.8 Å². The van der Waals surface area contributed by atoms with Crippen LogP contribution in [0.2, 0.25) is 0 Å². The topological polar surface area (TPSA) is 77.5 Å². The third-order valence-corrected chi connectivity index (χ3v) is 4.16. The van der Waals surface area contributed by atoms with Crippen LogP contribution in [0.3, 0.4) is 0 Å². The Kier molecular flexibility index (Phi) is 4.09. The first-order valence-electron chi connectivity index (χ1n) is 4.88. The van der Waals surface area contributed by atoms with Gasteiger partial charge in [-0.15, -0.1) is 0 Å². The van der Waals surface area contributed by atoms with Crippen molar-refractivity contribution >= 4 is 15.9 Å². The smallest absolute Gasteiger partial charge is 0.499 e. The fourth-order valence-electron chi connectivity index (χ4n) is 1.45. The number of sulfone groups is 1. The maximum atomic E-state index is 12.6. The van der Waals surface area contributed by atoms with E-state index in [1.54, 1.807) is 0 Å². The number of hydrogen-bond donors (Lipinski definition) is 0. The average Bonchev–Trinajstić information content (AvgIpc) is 2.28. The van der Waals surface area contributed by atoms with Crippen molar-refractivity contribution in [1.82, 2.24) is 4.90 Å². The van der Waals surface area contributed by atoms with Gasteiger partial charge in [-0.05, 0) is 5.56 Å². The summed E-state index contributed by atoms with van der Waals surface area (Å²) >= 11 is 0. The fraction of sp³-hybridized carbons (Fsp3) is 0.300. The molecule has 1 atom stereocenters. The van der Waals surface area contributed by atoms with E-state index in [4.69, 9.17) is 0 Å². The highest BCUT2D eigenvalue weighted by molar-refractivity contribution is 7.92. The number of hydrogen-bond acceptors (Lipinski definition) is 4. The molecule has 1 aromatic rings. The van der Waals surface area contributed by atoms with Crippen molar-refractivity contribution in [3.63, 3.8) is 0 Å². The molecule has 1 amide bonds. The number of rotatable bonds is 3. The maximum Gasteiger partial charge on any atom is 0.499 e. The van der Waals surface area contributed by atoms with Gasteiger partial charge in [0.05, 0.1) is 0 Å². The zero-order valence-corrected chi connectivity index (χ0v) is 10.4. The molecule has 19 heavy (non-hydrogen) atoms. The first-order chi connectivity index (χ1) is 8.59. The number of carbonyl (C=O) groups excluding carboxylic acids is 1. The minimum absolute atomic E-state index is 0.00183. The Morgan fingerprint density at radius 1 is 1.26 bits per heavy atom. The van der Waals surface area contributed by atoms with E-state index in [-0.39, 0.29) is 10.5 Å². The summed E-state index contributed by atoms with van der Waals surface area (Å²) < 4.78 is 60.6. The second-order valence-corrected chi connectivity index (χ2v) is 5.63. The Balaban J connectivity index is 3.42. The molecule has 1 rings (SSSR count). The number of benzene rings is 1. The van der Waals surface area contributed by atoms with Gasteiger partial charge in [0.1, 0.15) is 6.09 Å². The Morgan fingerprint density at radius 2 is 1.74 bits per heavy atom. The van der Waals surface area contributed by atoms with E-state index in [1.807, 2.05) is 0 Å². The highest BCUT2D eigenvalue weighted by Gasteiger charge is 2.52. The third kappa shape index (κ3) is 2.98. The number of nitrogens with zero attached hydrogens (tertiary/aromatic N) is 1. The predicted octanol–water partition coefficient (Wildman–Crippen LogP) is 0.895. The Bertz CT molecular complexity index is 556. The summed E-state index contributed by atoms with van der Waals surface area (Å²) in [5.41, 5.74) is -5.89. The molecule has 1 aromatic carbocycles. The summed E-state index contributed by atoms with van der Waals surface area (Å²) in [6.07, 6.45) is -2.03. The standard InChI is InChI=1S/C10H10F3NO4S/c1-14(9(15)16)8(7-5-3-2-4-6-7)19(17,18)10(11,12)13/h2-6,8H,1H3,(H,15,16)/p-1. The van der Waals surface area contributed by atoms with Crippen LogP contribution in [0.15, 0.2) is 30.3 Å². The number of carbonyl (C=O) groups is 1. The molecular formula is C10H9F3NO4S-. The molecule has 0 N–H and O–H groups in total. The summed E-state index contributed by atoms with van der Waals surface area (Å²) in [5, 5.41) is 8.28. The van der Waals surface area contributed by atoms with Gasteiger partial charge in [-0.2, -0.15) is 13.2 Å². The number of halogens is 3. The monoisotopic (exact) mass is 296 g/mol. The van der Waals surface area contributed by atoms with Crippen LogP contribution >= 0.6 is 0 Å². The molecule has 0 aliphatic carbocycles. The first kappa shape index (κ1) is 15.3. The van der Waals surface area contributed by atoms with Crippen molar-refractivity contribution in [2.24, 2.45) is 0 Å². The number of carboxylic acid groups (broad SMARTS) is 1. The van der Waals surface area contributed by atoms with E-state index in [1.165, 1.54) is 18.2 Å². The number of alkyl halides is 3. The number of amides is 1. The van der Waals surface area contributed by atoms with Gasteiger partial charge in [-0.25, -0.2) is 8.42 Å². The van der Waals surface area contributed by atoms with Crippen LogP contribution in [-0.4, -0.2) is 32.0 Å². The second kappa shape index (κ2) is 5.08. The lowest BCUT2D eigenvalue weighted by molar-refractivity contribution is -0.265. The molecule has 0 heterocycles. The summed E-state index contributed by atoms with van der Waals surface area (Å²) in [5.74, 6) is 0. The summed E-state index contributed by atoms with van der Waals surface area (Å²) in [7, 11) is -5.03. The molecular weight excluding hydrogens is 287 g/mol. The molecule has 106 valence electrons. The minimum Gasteiger partial charge on any atom is -0.530 e. The predicted molar refractivity (Wildman–Crippen MR) is 57.3 cm³/mol. The molecule has 0 aliphatic rings. The molecule has 0 bridgehead atoms. The van der Waals surface area contributed by atoms with Crippen LogP contribution in [0.4, 0.5) is 18.0 Å². The Morgan fingerprint density at radius 3 is 2.11 bits per heavy atom. The van der Waals surface area contributed by atoms with Gasteiger partial charge in [0.25, 0.3) is 9.84 Å². The SMILES string of the molecule is CN(C(=O)[O-])C(c1ccccc1)S(=O)(=O)C(F)(F)F. The van der Waals surface area contributed by atoms with Gasteiger partial charge in [-0.1, -0.05) is 30.3 Å². The average molecular weight is 296 g/mol. The second-order valence-electron chi connectivity index (χ2n) is 3.63. The van der Waals surface area contributed by atoms with Gasteiger partial charge in [0.15, 0.2) is 5.37 Å². The lowest BCUT2D eigenvalue weighted by Crippen LogP contribution is -2.46. The summed E-state index contributed by atoms with van der Waals surface area (Å²) in [6.45, 7) is 0. The van der Waals surface area contributed by atoms with Gasteiger partial charge < -0.3 is 14.8 Å². The highest BCUT2D eigenvalue weighted by Crippen LogP contribution is 2.37. The molecule has 5 nitrogen and oxygen atoms in total. The van der Waals surface area contributed by atoms with Gasteiger partial charge >= 0.3 is 5.51 Å². The van der Waals surface area contributed by atoms with Gasteiger partial charge in [0.2, 0.25) is 0 Å². The quantitative estimate of drug-likeness (QED) is 0.830. The van der Waals surface area contributed by atoms with Crippen molar-refractivity contribution in [3.8, 4) is 0 Å². The zero-order valence-electron chi connectivity index (χ0n) is 9.59. The fourth-order valence-corrected chi connectivity index (χ4v) is 2.72. The van der Waals surface area contributed by atoms with E-state index in [9.17, 15) is 31.5 Å². The molecule has 0 saturated heterocycles. The van der Waals surface area contributed by atoms with Gasteiger partial charge in [-0.3, -0.25) is 0 Å². The normalized spacial score (nSPS) is 13.9. The van der Waals surface area contributed by atoms with Crippen LogP contribution in [-0.2, 0) is 9.84 Å². The largest absolute Gasteiger partial charge is 0.530 e. The summed E-state index contributed by atoms with van der Waals surface area (Å²) in [4.78, 5) is 10.7. The van der Waals surface area contributed by atoms with Crippen molar-refractivity contribution in [1.29, 1.82) is 0 Å². The molecule has 9 heteroatoms. The molecule has 0 spiro atoms. The van der Waals surface area contributed by atoms with Gasteiger partial charge in [0, 0.05) is 7.05 Å². The zero-order chi connectivity index (χ0) is 14.8. The molecule has 0 radical (unpaired) electrons. The van der Waals surface area contributed by atoms with E-state index in [0.29, 0.717) is 7.05 Å². The van der Waals surface area contributed by atoms with Crippen molar-refractivity contribution in [2.75, 3.05) is 7.05 Å². The molecule has 0 aliphatic heterocycles. The molecule has 1 unspecified atom stereocenters. The van der Waals surface area contributed by atoms with E-state index in [0.717, 1.165) is 12.1 Å². The third-order valence-electron chi connectivity index (χ3n) is 2.34. The van der Waals surface area contributed by atoms with Crippen LogP contribution in [0.1, 0.15) is 10.9 Å². The van der Waals surface area contributed by atoms with Crippen LogP contribution < -0.4 is 5.11 Å². The van der Waals surface area contributed by atoms with Crippen molar-refractivity contribution in [2.45, 2.75) is 10.9 Å². The highest BCUT2D eigenvalue weighted by atomic mass is 32.2. The first-order valence-corrected chi connectivity index (χ1v) is 6.42. The molecule has 0 saturated carbocycles. The lowest BCUT2D eigenvalue weighted by Gasteiger charge is -2.30. The maximum absolute atomic E-state index is 12.6. The Hall–Kier alpha value is -1.77. The van der Waals surface area contributed by atoms with Crippen LogP contribution in [0, 0.1) is 0 Å². The van der Waals surface area contributed by atoms with Crippen molar-refractivity contribution < 1.29 is 31.5 Å². The van der Waals surface area contributed by atoms with Crippen LogP contribution in [0.5, 0.6) is 0 Å². The van der Waals surface area contributed by atoms with Crippen LogP contribution in [0.25, 0.3) is 0 Å². The van der Waals surface area contributed by atoms with Crippen molar-refractivity contribution in [3.05, 3.63) is 35.9 Å². The molecule has 0 aromatic heterocycles. The summed E-state index contributed by atoms with van der Waals surface area (Å²) in [6, 6.07) is 6.25. The minimum atomic E-state index is -5.73. The molecule has 0 fully saturated rings. The Labute approximate surface area is 107 Å². The lowest BCUT2D eigenvalue weighted by atomic mass is 10.2. The van der Waals surface area contributed by atoms with E-state index >= 15 is 0 Å². The van der Waals surface area contributed by atoms with E-state index in [2.05, 4.69) is 0 Å².